The maximum Gasteiger partial charge on any atom is 0.123 e. The molecule has 17 heavy (non-hydrogen) atoms. The standard InChI is InChI=1S/C11H5Br3ClFS/c12-7-2-1-5(16)3-6(7)10(14)9-4-8(13)11(15)17-9/h1-4,10H. The number of rotatable bonds is 2. The zero-order valence-corrected chi connectivity index (χ0v) is 14.5. The van der Waals surface area contributed by atoms with E-state index in [-0.39, 0.29) is 10.6 Å². The van der Waals surface area contributed by atoms with Gasteiger partial charge in [0.05, 0.1) is 4.83 Å². The molecule has 0 fully saturated rings. The van der Waals surface area contributed by atoms with Gasteiger partial charge in [0.25, 0.3) is 0 Å². The second kappa shape index (κ2) is 5.70. The predicted molar refractivity (Wildman–Crippen MR) is 81.9 cm³/mol. The van der Waals surface area contributed by atoms with Crippen LogP contribution >= 0.6 is 70.7 Å². The fraction of sp³-hybridized carbons (Fsp3) is 0.0909. The third-order valence-corrected chi connectivity index (χ3v) is 6.70. The molecule has 0 aliphatic heterocycles. The summed E-state index contributed by atoms with van der Waals surface area (Å²) in [5, 5.41) is 0. The molecule has 0 aliphatic rings. The lowest BCUT2D eigenvalue weighted by atomic mass is 10.1. The average molecular weight is 463 g/mol. The van der Waals surface area contributed by atoms with Crippen LogP contribution in [0.3, 0.4) is 0 Å². The van der Waals surface area contributed by atoms with Gasteiger partial charge in [-0.15, -0.1) is 11.3 Å². The fourth-order valence-corrected chi connectivity index (χ4v) is 4.66. The third kappa shape index (κ3) is 3.13. The van der Waals surface area contributed by atoms with Gasteiger partial charge in [-0.05, 0) is 45.8 Å². The largest absolute Gasteiger partial charge is 0.207 e. The highest BCUT2D eigenvalue weighted by Gasteiger charge is 2.18. The molecule has 1 aromatic heterocycles. The smallest absolute Gasteiger partial charge is 0.123 e. The lowest BCUT2D eigenvalue weighted by Crippen LogP contribution is -1.92. The summed E-state index contributed by atoms with van der Waals surface area (Å²) in [5.41, 5.74) is 0.843. The summed E-state index contributed by atoms with van der Waals surface area (Å²) >= 11 is 17.8. The van der Waals surface area contributed by atoms with Crippen molar-refractivity contribution in [3.63, 3.8) is 0 Å². The lowest BCUT2D eigenvalue weighted by Gasteiger charge is -2.10. The van der Waals surface area contributed by atoms with Crippen LogP contribution < -0.4 is 0 Å². The van der Waals surface area contributed by atoms with Crippen molar-refractivity contribution in [2.75, 3.05) is 0 Å². The number of halogens is 5. The second-order valence-electron chi connectivity index (χ2n) is 3.30. The molecule has 1 unspecified atom stereocenters. The molecule has 0 amide bonds. The van der Waals surface area contributed by atoms with Gasteiger partial charge in [0.15, 0.2) is 0 Å². The van der Waals surface area contributed by atoms with Crippen molar-refractivity contribution >= 4 is 70.7 Å². The molecule has 0 saturated heterocycles. The molecular weight excluding hydrogens is 458 g/mol. The zero-order valence-electron chi connectivity index (χ0n) is 8.18. The summed E-state index contributed by atoms with van der Waals surface area (Å²) < 4.78 is 15.6. The Balaban J connectivity index is 2.42. The van der Waals surface area contributed by atoms with Gasteiger partial charge in [-0.3, -0.25) is 0 Å². The van der Waals surface area contributed by atoms with Crippen LogP contribution in [0.5, 0.6) is 0 Å². The molecule has 1 aromatic carbocycles. The van der Waals surface area contributed by atoms with Gasteiger partial charge in [-0.25, -0.2) is 4.39 Å². The molecule has 2 aromatic rings. The molecule has 0 N–H and O–H groups in total. The normalized spacial score (nSPS) is 12.8. The monoisotopic (exact) mass is 460 g/mol. The van der Waals surface area contributed by atoms with Crippen molar-refractivity contribution in [3.05, 3.63) is 53.8 Å². The summed E-state index contributed by atoms with van der Waals surface area (Å²) in [7, 11) is 0. The molecule has 0 saturated carbocycles. The molecule has 0 spiro atoms. The Hall–Kier alpha value is 0.580. The first-order valence-corrected chi connectivity index (χ1v) is 8.22. The number of hydrogen-bond donors (Lipinski definition) is 0. The molecule has 6 heteroatoms. The van der Waals surface area contributed by atoms with Crippen LogP contribution in [-0.2, 0) is 0 Å². The van der Waals surface area contributed by atoms with E-state index < -0.39 is 0 Å². The Morgan fingerprint density at radius 1 is 1.18 bits per heavy atom. The molecule has 1 heterocycles. The number of benzene rings is 1. The molecule has 0 bridgehead atoms. The Morgan fingerprint density at radius 3 is 2.47 bits per heavy atom. The number of thiophene rings is 1. The van der Waals surface area contributed by atoms with E-state index in [0.29, 0.717) is 4.34 Å². The maximum atomic E-state index is 13.2. The topological polar surface area (TPSA) is 0 Å². The van der Waals surface area contributed by atoms with E-state index in [2.05, 4.69) is 47.8 Å². The van der Waals surface area contributed by atoms with Gasteiger partial charge in [0.1, 0.15) is 10.2 Å². The molecule has 90 valence electrons. The van der Waals surface area contributed by atoms with Crippen LogP contribution in [0.25, 0.3) is 0 Å². The van der Waals surface area contributed by atoms with Crippen molar-refractivity contribution in [2.45, 2.75) is 4.83 Å². The van der Waals surface area contributed by atoms with Crippen LogP contribution in [0.2, 0.25) is 4.34 Å². The summed E-state index contributed by atoms with van der Waals surface area (Å²) in [5.74, 6) is -0.255. The van der Waals surface area contributed by atoms with Crippen molar-refractivity contribution in [2.24, 2.45) is 0 Å². The molecule has 2 rings (SSSR count). The first-order valence-electron chi connectivity index (χ1n) is 4.53. The average Bonchev–Trinajstić information content (AvgIpc) is 2.62. The van der Waals surface area contributed by atoms with Gasteiger partial charge >= 0.3 is 0 Å². The minimum absolute atomic E-state index is 0.0821. The molecule has 0 nitrogen and oxygen atoms in total. The van der Waals surface area contributed by atoms with Crippen LogP contribution in [-0.4, -0.2) is 0 Å². The van der Waals surface area contributed by atoms with Gasteiger partial charge in [-0.1, -0.05) is 43.5 Å². The van der Waals surface area contributed by atoms with Crippen LogP contribution in [0.15, 0.2) is 33.2 Å². The number of hydrogen-bond acceptors (Lipinski definition) is 1. The van der Waals surface area contributed by atoms with E-state index in [9.17, 15) is 4.39 Å². The van der Waals surface area contributed by atoms with Crippen LogP contribution in [0.4, 0.5) is 4.39 Å². The van der Waals surface area contributed by atoms with E-state index in [4.69, 9.17) is 11.6 Å². The molecule has 1 atom stereocenters. The van der Waals surface area contributed by atoms with E-state index >= 15 is 0 Å². The molecule has 0 radical (unpaired) electrons. The van der Waals surface area contributed by atoms with Gasteiger partial charge in [0.2, 0.25) is 0 Å². The van der Waals surface area contributed by atoms with Crippen molar-refractivity contribution in [1.82, 2.24) is 0 Å². The van der Waals surface area contributed by atoms with Gasteiger partial charge < -0.3 is 0 Å². The summed E-state index contributed by atoms with van der Waals surface area (Å²) in [6.45, 7) is 0. The maximum absolute atomic E-state index is 13.2. The van der Waals surface area contributed by atoms with E-state index in [1.807, 2.05) is 6.07 Å². The first-order chi connectivity index (χ1) is 7.99. The highest BCUT2D eigenvalue weighted by atomic mass is 79.9. The lowest BCUT2D eigenvalue weighted by molar-refractivity contribution is 0.625. The minimum atomic E-state index is -0.255. The van der Waals surface area contributed by atoms with Crippen molar-refractivity contribution in [1.29, 1.82) is 0 Å². The van der Waals surface area contributed by atoms with Gasteiger partial charge in [0, 0.05) is 13.8 Å². The van der Waals surface area contributed by atoms with Crippen molar-refractivity contribution in [3.8, 4) is 0 Å². The van der Waals surface area contributed by atoms with Crippen LogP contribution in [0.1, 0.15) is 15.3 Å². The van der Waals surface area contributed by atoms with E-state index in [0.717, 1.165) is 19.4 Å². The Labute approximate surface area is 133 Å². The van der Waals surface area contributed by atoms with Crippen molar-refractivity contribution < 1.29 is 4.39 Å². The summed E-state index contributed by atoms with van der Waals surface area (Å²) in [6.07, 6.45) is 0. The predicted octanol–water partition coefficient (Wildman–Crippen LogP) is 6.55. The molecular formula is C11H5Br3ClFS. The highest BCUT2D eigenvalue weighted by molar-refractivity contribution is 9.11. The Morgan fingerprint density at radius 2 is 1.88 bits per heavy atom. The first kappa shape index (κ1) is 14.0. The molecule has 0 aliphatic carbocycles. The number of alkyl halides is 1. The van der Waals surface area contributed by atoms with Gasteiger partial charge in [-0.2, -0.15) is 0 Å². The Kier molecular flexibility index (Phi) is 4.69. The quantitative estimate of drug-likeness (QED) is 0.443. The SMILES string of the molecule is Fc1ccc(Br)c(C(Br)c2cc(Br)c(Cl)s2)c1. The fourth-order valence-electron chi connectivity index (χ4n) is 1.35. The highest BCUT2D eigenvalue weighted by Crippen LogP contribution is 2.43. The minimum Gasteiger partial charge on any atom is -0.207 e. The summed E-state index contributed by atoms with van der Waals surface area (Å²) in [4.78, 5) is 0.939. The zero-order chi connectivity index (χ0) is 12.6. The van der Waals surface area contributed by atoms with Crippen LogP contribution in [0, 0.1) is 5.82 Å². The third-order valence-electron chi connectivity index (χ3n) is 2.15. The summed E-state index contributed by atoms with van der Waals surface area (Å²) in [6, 6.07) is 6.56. The van der Waals surface area contributed by atoms with E-state index in [1.54, 1.807) is 6.07 Å². The van der Waals surface area contributed by atoms with E-state index in [1.165, 1.54) is 23.5 Å². The second-order valence-corrected chi connectivity index (χ2v) is 7.61. The Bertz CT molecular complexity index is 536.